The summed E-state index contributed by atoms with van der Waals surface area (Å²) in [5, 5.41) is 0. The first-order valence-corrected chi connectivity index (χ1v) is 10.3. The normalized spacial score (nSPS) is 22.1. The quantitative estimate of drug-likeness (QED) is 0.809. The number of methoxy groups -OCH3 is 1. The Hall–Kier alpha value is -2.33. The van der Waals surface area contributed by atoms with Crippen molar-refractivity contribution in [2.45, 2.75) is 39.3 Å². The fourth-order valence-corrected chi connectivity index (χ4v) is 4.84. The lowest BCUT2D eigenvalue weighted by Crippen LogP contribution is -2.41. The molecule has 28 heavy (non-hydrogen) atoms. The number of rotatable bonds is 4. The number of carbonyl (C=O) groups excluding carboxylic acids is 1. The molecule has 2 aliphatic heterocycles. The Morgan fingerprint density at radius 1 is 1.07 bits per heavy atom. The van der Waals surface area contributed by atoms with Crippen LogP contribution >= 0.6 is 0 Å². The lowest BCUT2D eigenvalue weighted by Gasteiger charge is -2.33. The summed E-state index contributed by atoms with van der Waals surface area (Å²) in [6.45, 7) is 6.67. The number of hydrogen-bond donors (Lipinski definition) is 0. The molecule has 4 rings (SSSR count). The second-order valence-electron chi connectivity index (χ2n) is 8.36. The fraction of sp³-hybridized carbons (Fsp3) is 0.458. The minimum Gasteiger partial charge on any atom is -0.497 e. The third-order valence-corrected chi connectivity index (χ3v) is 6.31. The van der Waals surface area contributed by atoms with E-state index in [2.05, 4.69) is 46.2 Å². The summed E-state index contributed by atoms with van der Waals surface area (Å²) in [6.07, 6.45) is 2.79. The van der Waals surface area contributed by atoms with E-state index in [4.69, 9.17) is 4.74 Å². The zero-order chi connectivity index (χ0) is 19.6. The number of carbonyl (C=O) groups is 1. The molecule has 2 aliphatic rings. The first kappa shape index (κ1) is 19.0. The Balaban J connectivity index is 1.53. The maximum absolute atomic E-state index is 12.6. The summed E-state index contributed by atoms with van der Waals surface area (Å²) in [5.74, 6) is 1.17. The molecule has 0 N–H and O–H groups in total. The van der Waals surface area contributed by atoms with Crippen LogP contribution in [0.5, 0.6) is 5.75 Å². The van der Waals surface area contributed by atoms with Crippen LogP contribution in [-0.2, 0) is 24.3 Å². The van der Waals surface area contributed by atoms with Gasteiger partial charge in [-0.1, -0.05) is 43.3 Å². The summed E-state index contributed by atoms with van der Waals surface area (Å²) >= 11 is 0. The Morgan fingerprint density at radius 2 is 1.82 bits per heavy atom. The minimum absolute atomic E-state index is 0.157. The molecule has 1 spiro atoms. The molecule has 4 nitrogen and oxygen atoms in total. The van der Waals surface area contributed by atoms with Crippen LogP contribution in [0.15, 0.2) is 48.5 Å². The number of ether oxygens (including phenoxy) is 1. The summed E-state index contributed by atoms with van der Waals surface area (Å²) in [7, 11) is 1.70. The van der Waals surface area contributed by atoms with Crippen molar-refractivity contribution in [1.29, 1.82) is 0 Å². The van der Waals surface area contributed by atoms with Crippen molar-refractivity contribution in [3.05, 3.63) is 65.2 Å². The lowest BCUT2D eigenvalue weighted by atomic mass is 9.80. The van der Waals surface area contributed by atoms with Crippen molar-refractivity contribution in [3.8, 4) is 5.75 Å². The average Bonchev–Trinajstić information content (AvgIpc) is 3.02. The van der Waals surface area contributed by atoms with Gasteiger partial charge in [-0.2, -0.15) is 0 Å². The fourth-order valence-electron chi connectivity index (χ4n) is 4.84. The molecule has 1 unspecified atom stereocenters. The van der Waals surface area contributed by atoms with Crippen LogP contribution in [0.2, 0.25) is 0 Å². The van der Waals surface area contributed by atoms with Crippen molar-refractivity contribution in [2.24, 2.45) is 5.41 Å². The molecule has 0 aromatic heterocycles. The van der Waals surface area contributed by atoms with Crippen molar-refractivity contribution < 1.29 is 9.53 Å². The van der Waals surface area contributed by atoms with Crippen molar-refractivity contribution in [2.75, 3.05) is 26.7 Å². The van der Waals surface area contributed by atoms with E-state index in [1.54, 1.807) is 7.11 Å². The van der Waals surface area contributed by atoms with Crippen LogP contribution in [-0.4, -0.2) is 42.5 Å². The van der Waals surface area contributed by atoms with E-state index in [9.17, 15) is 4.79 Å². The maximum atomic E-state index is 12.6. The van der Waals surface area contributed by atoms with Crippen LogP contribution in [0, 0.1) is 5.41 Å². The third kappa shape index (κ3) is 3.93. The highest BCUT2D eigenvalue weighted by Crippen LogP contribution is 2.39. The Kier molecular flexibility index (Phi) is 5.40. The molecular weight excluding hydrogens is 348 g/mol. The van der Waals surface area contributed by atoms with Gasteiger partial charge in [0.05, 0.1) is 7.11 Å². The van der Waals surface area contributed by atoms with Gasteiger partial charge in [0.15, 0.2) is 0 Å². The number of nitrogens with zero attached hydrogens (tertiary/aromatic N) is 2. The summed E-state index contributed by atoms with van der Waals surface area (Å²) in [4.78, 5) is 17.2. The summed E-state index contributed by atoms with van der Waals surface area (Å²) < 4.78 is 5.27. The highest BCUT2D eigenvalue weighted by Gasteiger charge is 2.42. The van der Waals surface area contributed by atoms with E-state index in [0.29, 0.717) is 6.42 Å². The first-order valence-electron chi connectivity index (χ1n) is 10.3. The SMILES string of the molecule is CCC(=O)N1Cc2ccccc2CC2(CCN(Cc3ccc(OC)cc3)C2)C1. The number of hydrogen-bond acceptors (Lipinski definition) is 3. The monoisotopic (exact) mass is 378 g/mol. The molecule has 148 valence electrons. The van der Waals surface area contributed by atoms with Gasteiger partial charge < -0.3 is 9.64 Å². The standard InChI is InChI=1S/C24H30N2O2/c1-3-23(27)26-16-21-7-5-4-6-20(21)14-24(18-26)12-13-25(17-24)15-19-8-10-22(28-2)11-9-19/h4-11H,3,12-18H2,1-2H3. The molecule has 2 aromatic carbocycles. The van der Waals surface area contributed by atoms with Crippen LogP contribution in [0.3, 0.4) is 0 Å². The average molecular weight is 379 g/mol. The van der Waals surface area contributed by atoms with Crippen LogP contribution < -0.4 is 4.74 Å². The van der Waals surface area contributed by atoms with E-state index < -0.39 is 0 Å². The van der Waals surface area contributed by atoms with Crippen molar-refractivity contribution in [1.82, 2.24) is 9.80 Å². The van der Waals surface area contributed by atoms with Gasteiger partial charge in [-0.05, 0) is 48.2 Å². The Labute approximate surface area is 168 Å². The molecular formula is C24H30N2O2. The van der Waals surface area contributed by atoms with Crippen molar-refractivity contribution >= 4 is 5.91 Å². The number of amides is 1. The largest absolute Gasteiger partial charge is 0.497 e. The predicted octanol–water partition coefficient (Wildman–Crippen LogP) is 3.88. The highest BCUT2D eigenvalue weighted by atomic mass is 16.5. The molecule has 1 fully saturated rings. The van der Waals surface area contributed by atoms with Gasteiger partial charge >= 0.3 is 0 Å². The van der Waals surface area contributed by atoms with Crippen LogP contribution in [0.1, 0.15) is 36.5 Å². The first-order chi connectivity index (χ1) is 13.6. The number of benzene rings is 2. The van der Waals surface area contributed by atoms with Gasteiger partial charge in [-0.15, -0.1) is 0 Å². The smallest absolute Gasteiger partial charge is 0.222 e. The molecule has 0 bridgehead atoms. The lowest BCUT2D eigenvalue weighted by molar-refractivity contribution is -0.132. The van der Waals surface area contributed by atoms with E-state index in [1.165, 1.54) is 16.7 Å². The van der Waals surface area contributed by atoms with E-state index >= 15 is 0 Å². The van der Waals surface area contributed by atoms with Gasteiger partial charge in [0.25, 0.3) is 0 Å². The molecule has 1 amide bonds. The number of likely N-dealkylation sites (tertiary alicyclic amines) is 1. The van der Waals surface area contributed by atoms with Crippen LogP contribution in [0.25, 0.3) is 0 Å². The van der Waals surface area contributed by atoms with E-state index in [0.717, 1.165) is 51.3 Å². The Bertz CT molecular complexity index is 833. The minimum atomic E-state index is 0.157. The molecule has 0 radical (unpaired) electrons. The highest BCUT2D eigenvalue weighted by molar-refractivity contribution is 5.76. The topological polar surface area (TPSA) is 32.8 Å². The predicted molar refractivity (Wildman–Crippen MR) is 111 cm³/mol. The second kappa shape index (κ2) is 7.96. The van der Waals surface area contributed by atoms with Gasteiger partial charge in [0.2, 0.25) is 5.91 Å². The van der Waals surface area contributed by atoms with Gasteiger partial charge in [-0.25, -0.2) is 0 Å². The third-order valence-electron chi connectivity index (χ3n) is 6.31. The number of fused-ring (bicyclic) bond motifs is 1. The molecule has 2 aromatic rings. The molecule has 1 atom stereocenters. The van der Waals surface area contributed by atoms with Gasteiger partial charge in [-0.3, -0.25) is 9.69 Å². The molecule has 0 aliphatic carbocycles. The van der Waals surface area contributed by atoms with Crippen molar-refractivity contribution in [3.63, 3.8) is 0 Å². The molecule has 0 saturated carbocycles. The maximum Gasteiger partial charge on any atom is 0.222 e. The van der Waals surface area contributed by atoms with Crippen LogP contribution in [0.4, 0.5) is 0 Å². The second-order valence-corrected chi connectivity index (χ2v) is 8.36. The summed E-state index contributed by atoms with van der Waals surface area (Å²) in [6, 6.07) is 17.0. The molecule has 1 saturated heterocycles. The zero-order valence-corrected chi connectivity index (χ0v) is 17.0. The molecule has 4 heteroatoms. The van der Waals surface area contributed by atoms with Gasteiger partial charge in [0.1, 0.15) is 5.75 Å². The van der Waals surface area contributed by atoms with Gasteiger partial charge in [0, 0.05) is 38.0 Å². The van der Waals surface area contributed by atoms with E-state index in [-0.39, 0.29) is 11.3 Å². The Morgan fingerprint density at radius 3 is 2.54 bits per heavy atom. The molecule has 2 heterocycles. The summed E-state index contributed by atoms with van der Waals surface area (Å²) in [5.41, 5.74) is 4.20. The van der Waals surface area contributed by atoms with E-state index in [1.807, 2.05) is 19.1 Å². The zero-order valence-electron chi connectivity index (χ0n) is 17.0.